The van der Waals surface area contributed by atoms with Gasteiger partial charge in [-0.1, -0.05) is 13.0 Å². The predicted molar refractivity (Wildman–Crippen MR) is 57.1 cm³/mol. The first-order valence-corrected chi connectivity index (χ1v) is 5.10. The van der Waals surface area contributed by atoms with Crippen molar-refractivity contribution in [3.05, 3.63) is 30.1 Å². The van der Waals surface area contributed by atoms with Gasteiger partial charge < -0.3 is 10.4 Å². The lowest BCUT2D eigenvalue weighted by atomic mass is 10.2. The van der Waals surface area contributed by atoms with Crippen molar-refractivity contribution in [2.24, 2.45) is 0 Å². The molecule has 0 aliphatic carbocycles. The smallest absolute Gasteiger partial charge is 0.0584 e. The quantitative estimate of drug-likeness (QED) is 0.709. The lowest BCUT2D eigenvalue weighted by Gasteiger charge is -2.13. The number of aliphatic hydroxyl groups is 1. The largest absolute Gasteiger partial charge is 0.395 e. The Hall–Kier alpha value is -0.930. The van der Waals surface area contributed by atoms with Gasteiger partial charge in [-0.2, -0.15) is 0 Å². The molecular weight excluding hydrogens is 176 g/mol. The Morgan fingerprint density at radius 2 is 2.43 bits per heavy atom. The molecule has 0 saturated heterocycles. The molecule has 78 valence electrons. The summed E-state index contributed by atoms with van der Waals surface area (Å²) < 4.78 is 0. The van der Waals surface area contributed by atoms with E-state index in [1.54, 1.807) is 6.20 Å². The number of aromatic nitrogens is 1. The van der Waals surface area contributed by atoms with Gasteiger partial charge in [0.15, 0.2) is 0 Å². The van der Waals surface area contributed by atoms with Gasteiger partial charge in [-0.15, -0.1) is 0 Å². The van der Waals surface area contributed by atoms with Gasteiger partial charge >= 0.3 is 0 Å². The van der Waals surface area contributed by atoms with Gasteiger partial charge in [0.2, 0.25) is 0 Å². The van der Waals surface area contributed by atoms with Crippen LogP contribution in [0.1, 0.15) is 18.9 Å². The van der Waals surface area contributed by atoms with Crippen LogP contribution in [0.15, 0.2) is 24.5 Å². The van der Waals surface area contributed by atoms with Gasteiger partial charge in [0.25, 0.3) is 0 Å². The molecule has 1 aromatic rings. The molecular formula is C11H18N2O. The highest BCUT2D eigenvalue weighted by Gasteiger charge is 2.01. The number of hydrogen-bond acceptors (Lipinski definition) is 3. The van der Waals surface area contributed by atoms with E-state index >= 15 is 0 Å². The molecule has 14 heavy (non-hydrogen) atoms. The van der Waals surface area contributed by atoms with E-state index in [1.807, 2.05) is 12.3 Å². The fourth-order valence-corrected chi connectivity index (χ4v) is 1.30. The molecule has 1 heterocycles. The first-order valence-electron chi connectivity index (χ1n) is 5.10. The molecule has 0 fully saturated rings. The van der Waals surface area contributed by atoms with E-state index in [1.165, 1.54) is 5.56 Å². The zero-order valence-corrected chi connectivity index (χ0v) is 8.61. The fourth-order valence-electron chi connectivity index (χ4n) is 1.30. The van der Waals surface area contributed by atoms with Crippen LogP contribution >= 0.6 is 0 Å². The Morgan fingerprint density at radius 3 is 3.00 bits per heavy atom. The molecule has 0 aliphatic heterocycles. The molecule has 0 bridgehead atoms. The van der Waals surface area contributed by atoms with E-state index in [0.29, 0.717) is 0 Å². The molecule has 2 N–H and O–H groups in total. The lowest BCUT2D eigenvalue weighted by molar-refractivity contribution is 0.240. The van der Waals surface area contributed by atoms with Crippen molar-refractivity contribution in [1.82, 2.24) is 10.3 Å². The monoisotopic (exact) mass is 194 g/mol. The molecule has 1 aromatic heterocycles. The summed E-state index contributed by atoms with van der Waals surface area (Å²) in [7, 11) is 0. The number of aliphatic hydroxyl groups excluding tert-OH is 1. The van der Waals surface area contributed by atoms with Crippen molar-refractivity contribution in [2.75, 3.05) is 13.2 Å². The highest BCUT2D eigenvalue weighted by molar-refractivity contribution is 5.08. The summed E-state index contributed by atoms with van der Waals surface area (Å²) >= 11 is 0. The Bertz CT molecular complexity index is 234. The summed E-state index contributed by atoms with van der Waals surface area (Å²) in [6.45, 7) is 3.17. The Morgan fingerprint density at radius 1 is 1.57 bits per heavy atom. The molecule has 3 heteroatoms. The Kier molecular flexibility index (Phi) is 5.19. The second kappa shape index (κ2) is 6.51. The second-order valence-corrected chi connectivity index (χ2v) is 3.35. The van der Waals surface area contributed by atoms with Crippen LogP contribution < -0.4 is 5.32 Å². The predicted octanol–water partition coefficient (Wildman–Crippen LogP) is 0.985. The molecule has 0 radical (unpaired) electrons. The minimum atomic E-state index is 0.212. The number of nitrogens with one attached hydrogen (secondary N) is 1. The first-order chi connectivity index (χ1) is 6.86. The minimum Gasteiger partial charge on any atom is -0.395 e. The zero-order chi connectivity index (χ0) is 10.2. The zero-order valence-electron chi connectivity index (χ0n) is 8.61. The maximum absolute atomic E-state index is 8.95. The number of hydrogen-bond donors (Lipinski definition) is 2. The van der Waals surface area contributed by atoms with Gasteiger partial charge in [-0.3, -0.25) is 4.98 Å². The summed E-state index contributed by atoms with van der Waals surface area (Å²) in [6.07, 6.45) is 5.58. The summed E-state index contributed by atoms with van der Waals surface area (Å²) in [5, 5.41) is 12.2. The third kappa shape index (κ3) is 3.85. The van der Waals surface area contributed by atoms with Crippen LogP contribution in [0.4, 0.5) is 0 Å². The van der Waals surface area contributed by atoms with Crippen molar-refractivity contribution in [3.8, 4) is 0 Å². The van der Waals surface area contributed by atoms with Crippen LogP contribution in [0.25, 0.3) is 0 Å². The normalized spacial score (nSPS) is 12.7. The number of nitrogens with zero attached hydrogens (tertiary/aromatic N) is 1. The molecule has 0 saturated carbocycles. The van der Waals surface area contributed by atoms with Gasteiger partial charge in [-0.05, 0) is 31.0 Å². The molecule has 0 aromatic carbocycles. The van der Waals surface area contributed by atoms with E-state index in [4.69, 9.17) is 5.11 Å². The van der Waals surface area contributed by atoms with Crippen LogP contribution in [-0.2, 0) is 6.42 Å². The van der Waals surface area contributed by atoms with Crippen LogP contribution in [0.5, 0.6) is 0 Å². The molecule has 1 atom stereocenters. The molecule has 1 unspecified atom stereocenters. The summed E-state index contributed by atoms with van der Waals surface area (Å²) in [4.78, 5) is 4.05. The third-order valence-corrected chi connectivity index (χ3v) is 2.28. The van der Waals surface area contributed by atoms with Crippen LogP contribution in [0.2, 0.25) is 0 Å². The highest BCUT2D eigenvalue weighted by atomic mass is 16.3. The van der Waals surface area contributed by atoms with Gasteiger partial charge in [0.1, 0.15) is 0 Å². The lowest BCUT2D eigenvalue weighted by Crippen LogP contribution is -2.33. The summed E-state index contributed by atoms with van der Waals surface area (Å²) in [6, 6.07) is 4.24. The van der Waals surface area contributed by atoms with Crippen molar-refractivity contribution in [1.29, 1.82) is 0 Å². The third-order valence-electron chi connectivity index (χ3n) is 2.28. The highest BCUT2D eigenvalue weighted by Crippen LogP contribution is 1.96. The van der Waals surface area contributed by atoms with Gasteiger partial charge in [0, 0.05) is 18.4 Å². The molecule has 0 spiro atoms. The van der Waals surface area contributed by atoms with Crippen LogP contribution in [0.3, 0.4) is 0 Å². The second-order valence-electron chi connectivity index (χ2n) is 3.35. The van der Waals surface area contributed by atoms with E-state index < -0.39 is 0 Å². The maximum Gasteiger partial charge on any atom is 0.0584 e. The van der Waals surface area contributed by atoms with Crippen molar-refractivity contribution >= 4 is 0 Å². The molecule has 1 rings (SSSR count). The number of pyridine rings is 1. The van der Waals surface area contributed by atoms with Crippen LogP contribution in [-0.4, -0.2) is 29.3 Å². The maximum atomic E-state index is 8.95. The summed E-state index contributed by atoms with van der Waals surface area (Å²) in [5.41, 5.74) is 1.23. The van der Waals surface area contributed by atoms with Gasteiger partial charge in [-0.25, -0.2) is 0 Å². The molecule has 0 aliphatic rings. The van der Waals surface area contributed by atoms with E-state index in [0.717, 1.165) is 19.4 Å². The average Bonchev–Trinajstić information content (AvgIpc) is 2.26. The average molecular weight is 194 g/mol. The van der Waals surface area contributed by atoms with E-state index in [-0.39, 0.29) is 12.6 Å². The standard InChI is InChI=1S/C11H18N2O/c1-2-11(9-14)13-7-5-10-4-3-6-12-8-10/h3-4,6,8,11,13-14H,2,5,7,9H2,1H3. The van der Waals surface area contributed by atoms with Crippen molar-refractivity contribution < 1.29 is 5.11 Å². The van der Waals surface area contributed by atoms with E-state index in [2.05, 4.69) is 23.3 Å². The summed E-state index contributed by atoms with van der Waals surface area (Å²) in [5.74, 6) is 0. The SMILES string of the molecule is CCC(CO)NCCc1cccnc1. The number of rotatable bonds is 6. The van der Waals surface area contributed by atoms with E-state index in [9.17, 15) is 0 Å². The first kappa shape index (κ1) is 11.1. The Labute approximate surface area is 85.2 Å². The molecule has 3 nitrogen and oxygen atoms in total. The fraction of sp³-hybridized carbons (Fsp3) is 0.545. The van der Waals surface area contributed by atoms with Crippen molar-refractivity contribution in [2.45, 2.75) is 25.8 Å². The van der Waals surface area contributed by atoms with Gasteiger partial charge in [0.05, 0.1) is 6.61 Å². The van der Waals surface area contributed by atoms with Crippen molar-refractivity contribution in [3.63, 3.8) is 0 Å². The Balaban J connectivity index is 2.21. The molecule has 0 amide bonds. The minimum absolute atomic E-state index is 0.212. The topological polar surface area (TPSA) is 45.1 Å². The van der Waals surface area contributed by atoms with Crippen LogP contribution in [0, 0.1) is 0 Å².